The highest BCUT2D eigenvalue weighted by atomic mass is 19.1. The van der Waals surface area contributed by atoms with Gasteiger partial charge in [0.05, 0.1) is 11.6 Å². The molecule has 5 rings (SSSR count). The lowest BCUT2D eigenvalue weighted by atomic mass is 9.52. The van der Waals surface area contributed by atoms with Gasteiger partial charge in [0.15, 0.2) is 6.61 Å². The van der Waals surface area contributed by atoms with Gasteiger partial charge in [-0.3, -0.25) is 9.59 Å². The van der Waals surface area contributed by atoms with Crippen molar-refractivity contribution in [3.63, 3.8) is 0 Å². The first-order chi connectivity index (χ1) is 12.0. The molecule has 4 saturated carbocycles. The first-order valence-electron chi connectivity index (χ1n) is 8.91. The number of hydrogen-bond donors (Lipinski definition) is 1. The number of amides is 1. The largest absolute Gasteiger partial charge is 0.455 e. The second-order valence-electron chi connectivity index (χ2n) is 7.74. The van der Waals surface area contributed by atoms with Gasteiger partial charge in [0.1, 0.15) is 11.6 Å². The fourth-order valence-corrected chi connectivity index (χ4v) is 5.32. The van der Waals surface area contributed by atoms with Crippen molar-refractivity contribution in [3.8, 4) is 0 Å². The van der Waals surface area contributed by atoms with Crippen LogP contribution < -0.4 is 5.32 Å². The number of carbonyl (C=O) groups excluding carboxylic acids is 2. The number of nitrogens with one attached hydrogen (secondary N) is 1. The zero-order valence-electron chi connectivity index (χ0n) is 13.8. The van der Waals surface area contributed by atoms with Crippen LogP contribution in [-0.2, 0) is 14.3 Å². The SMILES string of the molecule is O=C(COC(=O)C1C2CC3CC(C2)CC1C3)Nc1cc(F)ccc1F. The van der Waals surface area contributed by atoms with Crippen molar-refractivity contribution < 1.29 is 23.1 Å². The Morgan fingerprint density at radius 2 is 1.68 bits per heavy atom. The second kappa shape index (κ2) is 6.39. The minimum Gasteiger partial charge on any atom is -0.455 e. The van der Waals surface area contributed by atoms with E-state index in [0.717, 1.165) is 55.7 Å². The van der Waals surface area contributed by atoms with E-state index < -0.39 is 24.1 Å². The monoisotopic (exact) mass is 349 g/mol. The minimum atomic E-state index is -0.734. The van der Waals surface area contributed by atoms with E-state index in [1.807, 2.05) is 0 Å². The number of hydrogen-bond acceptors (Lipinski definition) is 3. The summed E-state index contributed by atoms with van der Waals surface area (Å²) in [5.41, 5.74) is -0.254. The van der Waals surface area contributed by atoms with Crippen molar-refractivity contribution in [2.75, 3.05) is 11.9 Å². The predicted octanol–water partition coefficient (Wildman–Crippen LogP) is 3.52. The molecule has 1 aromatic carbocycles. The van der Waals surface area contributed by atoms with Crippen LogP contribution >= 0.6 is 0 Å². The maximum atomic E-state index is 13.5. The lowest BCUT2D eigenvalue weighted by molar-refractivity contribution is -0.164. The summed E-state index contributed by atoms with van der Waals surface area (Å²) in [5, 5.41) is 2.24. The molecule has 4 nitrogen and oxygen atoms in total. The van der Waals surface area contributed by atoms with Crippen LogP contribution in [0.3, 0.4) is 0 Å². The van der Waals surface area contributed by atoms with E-state index in [1.54, 1.807) is 0 Å². The number of anilines is 1. The third-order valence-corrected chi connectivity index (χ3v) is 6.05. The summed E-state index contributed by atoms with van der Waals surface area (Å²) in [6.45, 7) is -0.475. The highest BCUT2D eigenvalue weighted by Gasteiger charge is 2.51. The number of rotatable bonds is 4. The van der Waals surface area contributed by atoms with Gasteiger partial charge in [0.25, 0.3) is 5.91 Å². The third kappa shape index (κ3) is 3.26. The molecule has 0 radical (unpaired) electrons. The lowest BCUT2D eigenvalue weighted by Crippen LogP contribution is -2.48. The Labute approximate surface area is 144 Å². The summed E-state index contributed by atoms with van der Waals surface area (Å²) in [4.78, 5) is 24.4. The molecule has 1 aromatic rings. The Balaban J connectivity index is 1.33. The average molecular weight is 349 g/mol. The Morgan fingerprint density at radius 3 is 2.32 bits per heavy atom. The van der Waals surface area contributed by atoms with Gasteiger partial charge in [-0.05, 0) is 67.9 Å². The standard InChI is InChI=1S/C19H21F2NO3/c20-14-1-2-15(21)16(8-14)22-17(23)9-25-19(24)18-12-4-10-3-11(6-12)7-13(18)5-10/h1-2,8,10-13,18H,3-7,9H2,(H,22,23). The third-order valence-electron chi connectivity index (χ3n) is 6.05. The molecule has 1 N–H and O–H groups in total. The van der Waals surface area contributed by atoms with Crippen molar-refractivity contribution in [2.45, 2.75) is 32.1 Å². The van der Waals surface area contributed by atoms with Gasteiger partial charge in [-0.15, -0.1) is 0 Å². The van der Waals surface area contributed by atoms with E-state index in [9.17, 15) is 18.4 Å². The van der Waals surface area contributed by atoms with Crippen LogP contribution in [0.4, 0.5) is 14.5 Å². The normalized spacial score (nSPS) is 32.5. The van der Waals surface area contributed by atoms with Crippen molar-refractivity contribution >= 4 is 17.6 Å². The van der Waals surface area contributed by atoms with Gasteiger partial charge in [0.2, 0.25) is 0 Å². The maximum absolute atomic E-state index is 13.5. The first-order valence-corrected chi connectivity index (χ1v) is 8.91. The Bertz CT molecular complexity index is 678. The zero-order chi connectivity index (χ0) is 17.6. The second-order valence-corrected chi connectivity index (χ2v) is 7.74. The molecule has 0 atom stereocenters. The highest BCUT2D eigenvalue weighted by molar-refractivity contribution is 5.93. The fourth-order valence-electron chi connectivity index (χ4n) is 5.32. The summed E-state index contributed by atoms with van der Waals surface area (Å²) in [6.07, 6.45) is 5.66. The van der Waals surface area contributed by atoms with E-state index >= 15 is 0 Å². The first kappa shape index (κ1) is 16.5. The molecule has 0 aliphatic heterocycles. The van der Waals surface area contributed by atoms with Crippen LogP contribution in [0.2, 0.25) is 0 Å². The summed E-state index contributed by atoms with van der Waals surface area (Å²) >= 11 is 0. The molecule has 134 valence electrons. The molecule has 1 amide bonds. The van der Waals surface area contributed by atoms with Crippen LogP contribution in [0.1, 0.15) is 32.1 Å². The molecule has 0 unspecified atom stereocenters. The van der Waals surface area contributed by atoms with Crippen molar-refractivity contribution in [3.05, 3.63) is 29.8 Å². The molecule has 4 bridgehead atoms. The van der Waals surface area contributed by atoms with E-state index in [4.69, 9.17) is 4.74 Å². The number of benzene rings is 1. The molecule has 4 fully saturated rings. The quantitative estimate of drug-likeness (QED) is 0.846. The summed E-state index contributed by atoms with van der Waals surface area (Å²) in [6, 6.07) is 2.80. The van der Waals surface area contributed by atoms with Gasteiger partial charge in [-0.1, -0.05) is 0 Å². The molecular weight excluding hydrogens is 328 g/mol. The van der Waals surface area contributed by atoms with Gasteiger partial charge < -0.3 is 10.1 Å². The summed E-state index contributed by atoms with van der Waals surface area (Å²) in [7, 11) is 0. The van der Waals surface area contributed by atoms with E-state index in [1.165, 1.54) is 6.42 Å². The molecule has 0 spiro atoms. The lowest BCUT2D eigenvalue weighted by Gasteiger charge is -2.53. The average Bonchev–Trinajstić information content (AvgIpc) is 2.55. The van der Waals surface area contributed by atoms with E-state index in [0.29, 0.717) is 11.8 Å². The highest BCUT2D eigenvalue weighted by Crippen LogP contribution is 2.56. The Hall–Kier alpha value is -1.98. The molecule has 0 aromatic heterocycles. The fraction of sp³-hybridized carbons (Fsp3) is 0.579. The molecule has 25 heavy (non-hydrogen) atoms. The van der Waals surface area contributed by atoms with Crippen LogP contribution in [-0.4, -0.2) is 18.5 Å². The Kier molecular flexibility index (Phi) is 4.21. The molecule has 4 aliphatic carbocycles. The van der Waals surface area contributed by atoms with Crippen molar-refractivity contribution in [2.24, 2.45) is 29.6 Å². The topological polar surface area (TPSA) is 55.4 Å². The van der Waals surface area contributed by atoms with Crippen LogP contribution in [0.25, 0.3) is 0 Å². The van der Waals surface area contributed by atoms with E-state index in [2.05, 4.69) is 5.32 Å². The van der Waals surface area contributed by atoms with Crippen LogP contribution in [0.5, 0.6) is 0 Å². The number of halogens is 2. The maximum Gasteiger partial charge on any atom is 0.310 e. The zero-order valence-corrected chi connectivity index (χ0v) is 13.8. The van der Waals surface area contributed by atoms with Gasteiger partial charge >= 0.3 is 5.97 Å². The summed E-state index contributed by atoms with van der Waals surface area (Å²) < 4.78 is 31.8. The molecule has 4 aliphatic rings. The molecule has 0 heterocycles. The van der Waals surface area contributed by atoms with Crippen LogP contribution in [0, 0.1) is 41.2 Å². The molecular formula is C19H21F2NO3. The number of esters is 1. The molecule has 6 heteroatoms. The smallest absolute Gasteiger partial charge is 0.310 e. The van der Waals surface area contributed by atoms with Crippen molar-refractivity contribution in [1.82, 2.24) is 0 Å². The molecule has 0 saturated heterocycles. The predicted molar refractivity (Wildman–Crippen MR) is 86.5 cm³/mol. The van der Waals surface area contributed by atoms with E-state index in [-0.39, 0.29) is 17.6 Å². The Morgan fingerprint density at radius 1 is 1.04 bits per heavy atom. The van der Waals surface area contributed by atoms with Crippen molar-refractivity contribution in [1.29, 1.82) is 0 Å². The van der Waals surface area contributed by atoms with Gasteiger partial charge in [-0.25, -0.2) is 8.78 Å². The van der Waals surface area contributed by atoms with Gasteiger partial charge in [-0.2, -0.15) is 0 Å². The number of ether oxygens (including phenoxy) is 1. The van der Waals surface area contributed by atoms with Crippen LogP contribution in [0.15, 0.2) is 18.2 Å². The summed E-state index contributed by atoms with van der Waals surface area (Å²) in [5.74, 6) is -0.196. The minimum absolute atomic E-state index is 0.105. The van der Waals surface area contributed by atoms with Gasteiger partial charge in [0, 0.05) is 6.07 Å². The number of carbonyl (C=O) groups is 2.